The van der Waals surface area contributed by atoms with Crippen LogP contribution in [0.3, 0.4) is 0 Å². The molecular formula is C9H7N2O4S-. The summed E-state index contributed by atoms with van der Waals surface area (Å²) in [6.07, 6.45) is 1.59. The molecule has 0 saturated carbocycles. The van der Waals surface area contributed by atoms with E-state index < -0.39 is 16.0 Å². The smallest absolute Gasteiger partial charge is 0.271 e. The van der Waals surface area contributed by atoms with Gasteiger partial charge in [0.2, 0.25) is 0 Å². The van der Waals surface area contributed by atoms with E-state index in [0.717, 1.165) is 5.39 Å². The van der Waals surface area contributed by atoms with E-state index in [0.29, 0.717) is 5.52 Å². The van der Waals surface area contributed by atoms with Gasteiger partial charge in [0.15, 0.2) is 0 Å². The van der Waals surface area contributed by atoms with Crippen LogP contribution in [-0.2, 0) is 17.0 Å². The maximum absolute atomic E-state index is 10.6. The first-order valence-electron chi connectivity index (χ1n) is 4.37. The summed E-state index contributed by atoms with van der Waals surface area (Å²) in [5.74, 6) is -0.204. The molecule has 2 aromatic rings. The third-order valence-corrected chi connectivity index (χ3v) is 2.70. The van der Waals surface area contributed by atoms with Gasteiger partial charge in [0.05, 0.1) is 16.3 Å². The normalized spacial score (nSPS) is 12.8. The first kappa shape index (κ1) is 10.8. The minimum atomic E-state index is -2.23. The van der Waals surface area contributed by atoms with E-state index >= 15 is 0 Å². The van der Waals surface area contributed by atoms with Crippen LogP contribution >= 0.6 is 0 Å². The van der Waals surface area contributed by atoms with Gasteiger partial charge in [0.25, 0.3) is 5.69 Å². The zero-order chi connectivity index (χ0) is 11.7. The number of hydrogen-bond acceptors (Lipinski definition) is 4. The van der Waals surface area contributed by atoms with Crippen LogP contribution in [0.4, 0.5) is 5.69 Å². The molecule has 2 rings (SSSR count). The van der Waals surface area contributed by atoms with Crippen molar-refractivity contribution in [2.24, 2.45) is 0 Å². The Morgan fingerprint density at radius 2 is 2.12 bits per heavy atom. The molecule has 0 spiro atoms. The van der Waals surface area contributed by atoms with Gasteiger partial charge < -0.3 is 9.12 Å². The lowest BCUT2D eigenvalue weighted by molar-refractivity contribution is -0.384. The van der Waals surface area contributed by atoms with E-state index in [4.69, 9.17) is 0 Å². The van der Waals surface area contributed by atoms with Crippen LogP contribution in [0, 0.1) is 10.1 Å². The van der Waals surface area contributed by atoms with Gasteiger partial charge in [-0.15, -0.1) is 0 Å². The van der Waals surface area contributed by atoms with Crippen molar-refractivity contribution < 1.29 is 13.7 Å². The molecule has 0 radical (unpaired) electrons. The number of rotatable bonds is 3. The van der Waals surface area contributed by atoms with Gasteiger partial charge in [-0.2, -0.15) is 0 Å². The Hall–Kier alpha value is -1.73. The molecule has 1 aromatic heterocycles. The third kappa shape index (κ3) is 1.95. The fraction of sp³-hybridized carbons (Fsp3) is 0.111. The number of aromatic nitrogens is 1. The molecule has 0 amide bonds. The maximum atomic E-state index is 10.6. The summed E-state index contributed by atoms with van der Waals surface area (Å²) in [5.41, 5.74) is 0.488. The summed E-state index contributed by atoms with van der Waals surface area (Å²) in [6, 6.07) is 6.06. The number of nitrogens with zero attached hydrogens (tertiary/aromatic N) is 2. The van der Waals surface area contributed by atoms with E-state index in [2.05, 4.69) is 0 Å². The molecule has 16 heavy (non-hydrogen) atoms. The molecule has 0 bridgehead atoms. The van der Waals surface area contributed by atoms with Crippen molar-refractivity contribution in [3.8, 4) is 0 Å². The first-order valence-corrected chi connectivity index (χ1v) is 5.61. The van der Waals surface area contributed by atoms with Crippen LogP contribution in [-0.4, -0.2) is 18.3 Å². The molecule has 0 N–H and O–H groups in total. The SMILES string of the molecule is O=[N+]([O-])c1ccc2ccn(CS(=O)[O-])c2c1. The van der Waals surface area contributed by atoms with Gasteiger partial charge in [-0.3, -0.25) is 14.3 Å². The summed E-state index contributed by atoms with van der Waals surface area (Å²) < 4.78 is 22.6. The summed E-state index contributed by atoms with van der Waals surface area (Å²) in [7, 11) is 0. The van der Waals surface area contributed by atoms with E-state index in [1.165, 1.54) is 16.7 Å². The van der Waals surface area contributed by atoms with Gasteiger partial charge in [0.1, 0.15) is 0 Å². The van der Waals surface area contributed by atoms with Crippen molar-refractivity contribution in [1.82, 2.24) is 4.57 Å². The van der Waals surface area contributed by atoms with Crippen LogP contribution in [0.1, 0.15) is 0 Å². The quantitative estimate of drug-likeness (QED) is 0.460. The Kier molecular flexibility index (Phi) is 2.71. The van der Waals surface area contributed by atoms with Gasteiger partial charge in [-0.1, -0.05) is 0 Å². The lowest BCUT2D eigenvalue weighted by Gasteiger charge is -2.07. The zero-order valence-corrected chi connectivity index (χ0v) is 8.85. The molecule has 0 aliphatic heterocycles. The second kappa shape index (κ2) is 4.03. The number of non-ortho nitro benzene ring substituents is 1. The first-order chi connectivity index (χ1) is 7.58. The average molecular weight is 239 g/mol. The predicted octanol–water partition coefficient (Wildman–Crippen LogP) is 1.39. The molecule has 1 atom stereocenters. The van der Waals surface area contributed by atoms with Crippen LogP contribution in [0.5, 0.6) is 0 Å². The van der Waals surface area contributed by atoms with Crippen molar-refractivity contribution in [1.29, 1.82) is 0 Å². The average Bonchev–Trinajstić information content (AvgIpc) is 2.60. The molecule has 0 fully saturated rings. The molecule has 1 heterocycles. The van der Waals surface area contributed by atoms with Crippen LogP contribution in [0.25, 0.3) is 10.9 Å². The Morgan fingerprint density at radius 3 is 2.75 bits per heavy atom. The van der Waals surface area contributed by atoms with Crippen molar-refractivity contribution in [3.05, 3.63) is 40.6 Å². The van der Waals surface area contributed by atoms with Crippen molar-refractivity contribution >= 4 is 27.7 Å². The molecule has 1 aromatic carbocycles. The minimum Gasteiger partial charge on any atom is -0.771 e. The van der Waals surface area contributed by atoms with Gasteiger partial charge >= 0.3 is 0 Å². The van der Waals surface area contributed by atoms with E-state index in [1.54, 1.807) is 18.3 Å². The van der Waals surface area contributed by atoms with Crippen molar-refractivity contribution in [2.75, 3.05) is 0 Å². The van der Waals surface area contributed by atoms with Crippen molar-refractivity contribution in [2.45, 2.75) is 5.88 Å². The number of fused-ring (bicyclic) bond motifs is 1. The Morgan fingerprint density at radius 1 is 1.38 bits per heavy atom. The summed E-state index contributed by atoms with van der Waals surface area (Å²) in [6.45, 7) is 0. The number of hydrogen-bond donors (Lipinski definition) is 0. The van der Waals surface area contributed by atoms with Gasteiger partial charge in [-0.05, 0) is 23.2 Å². The second-order valence-electron chi connectivity index (χ2n) is 3.22. The van der Waals surface area contributed by atoms with E-state index in [1.807, 2.05) is 0 Å². The number of nitro groups is 1. The number of benzene rings is 1. The highest BCUT2D eigenvalue weighted by Crippen LogP contribution is 2.21. The second-order valence-corrected chi connectivity index (χ2v) is 4.08. The van der Waals surface area contributed by atoms with Crippen LogP contribution < -0.4 is 0 Å². The standard InChI is InChI=1S/C9H8N2O4S/c12-11(13)8-2-1-7-3-4-10(6-16(14)15)9(7)5-8/h1-5H,6H2,(H,14,15)/p-1. The largest absolute Gasteiger partial charge is 0.771 e. The fourth-order valence-corrected chi connectivity index (χ4v) is 1.96. The van der Waals surface area contributed by atoms with Gasteiger partial charge in [-0.25, -0.2) is 0 Å². The van der Waals surface area contributed by atoms with E-state index in [9.17, 15) is 18.9 Å². The zero-order valence-electron chi connectivity index (χ0n) is 8.03. The number of nitro benzene ring substituents is 1. The van der Waals surface area contributed by atoms with Crippen LogP contribution in [0.15, 0.2) is 30.5 Å². The molecule has 1 unspecified atom stereocenters. The Balaban J connectivity index is 2.55. The topological polar surface area (TPSA) is 88.2 Å². The highest BCUT2D eigenvalue weighted by Gasteiger charge is 2.08. The van der Waals surface area contributed by atoms with Crippen LogP contribution in [0.2, 0.25) is 0 Å². The van der Waals surface area contributed by atoms with E-state index in [-0.39, 0.29) is 11.6 Å². The Labute approximate surface area is 92.9 Å². The van der Waals surface area contributed by atoms with Crippen molar-refractivity contribution in [3.63, 3.8) is 0 Å². The highest BCUT2D eigenvalue weighted by atomic mass is 32.2. The lowest BCUT2D eigenvalue weighted by atomic mass is 10.2. The molecule has 0 aliphatic carbocycles. The minimum absolute atomic E-state index is 0.0517. The fourth-order valence-electron chi connectivity index (χ4n) is 1.51. The Bertz CT molecular complexity index is 578. The maximum Gasteiger partial charge on any atom is 0.271 e. The third-order valence-electron chi connectivity index (χ3n) is 2.21. The summed E-state index contributed by atoms with van der Waals surface area (Å²) in [5, 5.41) is 11.3. The van der Waals surface area contributed by atoms with Gasteiger partial charge in [0, 0.05) is 23.7 Å². The lowest BCUT2D eigenvalue weighted by Crippen LogP contribution is -2.02. The highest BCUT2D eigenvalue weighted by molar-refractivity contribution is 7.78. The monoisotopic (exact) mass is 239 g/mol. The molecule has 0 aliphatic rings. The molecular weight excluding hydrogens is 232 g/mol. The molecule has 84 valence electrons. The molecule has 0 saturated heterocycles. The molecule has 6 nitrogen and oxygen atoms in total. The summed E-state index contributed by atoms with van der Waals surface area (Å²) >= 11 is -2.23. The molecule has 7 heteroatoms. The predicted molar refractivity (Wildman–Crippen MR) is 57.5 cm³/mol. The summed E-state index contributed by atoms with van der Waals surface area (Å²) in [4.78, 5) is 10.1.